The Morgan fingerprint density at radius 2 is 1.62 bits per heavy atom. The maximum atomic E-state index is 11.3. The summed E-state index contributed by atoms with van der Waals surface area (Å²) in [6.07, 6.45) is 3.48. The smallest absolute Gasteiger partial charge is 0.367 e. The third-order valence-corrected chi connectivity index (χ3v) is 3.71. The number of esters is 1. The topological polar surface area (TPSA) is 61.8 Å². The van der Waals surface area contributed by atoms with Crippen molar-refractivity contribution < 1.29 is 23.8 Å². The zero-order valence-corrected chi connectivity index (χ0v) is 13.9. The molecule has 21 heavy (non-hydrogen) atoms. The van der Waals surface area contributed by atoms with Gasteiger partial charge in [-0.25, -0.2) is 9.59 Å². The molecule has 6 heteroatoms. The Morgan fingerprint density at radius 3 is 2.14 bits per heavy atom. The van der Waals surface area contributed by atoms with Crippen LogP contribution in [0.25, 0.3) is 0 Å². The molecular formula is C15H17IO5. The van der Waals surface area contributed by atoms with Crippen LogP contribution in [0.3, 0.4) is 0 Å². The van der Waals surface area contributed by atoms with Gasteiger partial charge in [0.15, 0.2) is 0 Å². The molecule has 0 aromatic heterocycles. The summed E-state index contributed by atoms with van der Waals surface area (Å²) >= 11 is 1.65. The lowest BCUT2D eigenvalue weighted by molar-refractivity contribution is 0.0565. The predicted molar refractivity (Wildman–Crippen MR) is 85.0 cm³/mol. The van der Waals surface area contributed by atoms with Crippen LogP contribution in [-0.2, 0) is 9.47 Å². The summed E-state index contributed by atoms with van der Waals surface area (Å²) in [4.78, 5) is 22.2. The molecule has 0 amide bonds. The Kier molecular flexibility index (Phi) is 5.84. The molecule has 1 aliphatic carbocycles. The van der Waals surface area contributed by atoms with Gasteiger partial charge in [0.1, 0.15) is 11.9 Å². The Hall–Kier alpha value is -1.31. The minimum absolute atomic E-state index is 0.0101. The molecule has 0 aliphatic heterocycles. The molecule has 0 radical (unpaired) electrons. The summed E-state index contributed by atoms with van der Waals surface area (Å²) in [5, 5.41) is 0. The third kappa shape index (κ3) is 4.87. The molecule has 0 atom stereocenters. The van der Waals surface area contributed by atoms with E-state index < -0.39 is 0 Å². The van der Waals surface area contributed by atoms with Gasteiger partial charge in [-0.2, -0.15) is 0 Å². The number of benzene rings is 1. The van der Waals surface area contributed by atoms with Gasteiger partial charge in [-0.1, -0.05) is 0 Å². The maximum absolute atomic E-state index is 11.3. The number of carbonyl (C=O) groups excluding carboxylic acids is 2. The van der Waals surface area contributed by atoms with E-state index in [0.717, 1.165) is 31.4 Å². The fourth-order valence-electron chi connectivity index (χ4n) is 2.38. The highest BCUT2D eigenvalue weighted by molar-refractivity contribution is 14.1. The second kappa shape index (κ2) is 7.63. The lowest BCUT2D eigenvalue weighted by Crippen LogP contribution is -2.28. The fraction of sp³-hybridized carbons (Fsp3) is 0.467. The number of hydrogen-bond acceptors (Lipinski definition) is 5. The average molecular weight is 404 g/mol. The monoisotopic (exact) mass is 404 g/mol. The van der Waals surface area contributed by atoms with E-state index in [1.54, 1.807) is 46.9 Å². The van der Waals surface area contributed by atoms with E-state index in [4.69, 9.17) is 9.47 Å². The molecule has 114 valence electrons. The van der Waals surface area contributed by atoms with Gasteiger partial charge in [-0.3, -0.25) is 0 Å². The second-order valence-electron chi connectivity index (χ2n) is 4.89. The van der Waals surface area contributed by atoms with Crippen molar-refractivity contribution in [1.29, 1.82) is 0 Å². The molecule has 2 rings (SSSR count). The molecule has 0 unspecified atom stereocenters. The van der Waals surface area contributed by atoms with Crippen LogP contribution in [-0.4, -0.2) is 29.3 Å². The summed E-state index contributed by atoms with van der Waals surface area (Å²) in [6.45, 7) is 0. The van der Waals surface area contributed by atoms with Gasteiger partial charge in [-0.15, -0.1) is 0 Å². The van der Waals surface area contributed by atoms with Crippen LogP contribution in [0, 0.1) is 0 Å². The van der Waals surface area contributed by atoms with Gasteiger partial charge in [0.2, 0.25) is 0 Å². The van der Waals surface area contributed by atoms with E-state index >= 15 is 0 Å². The number of carbonyl (C=O) groups is 2. The van der Waals surface area contributed by atoms with Gasteiger partial charge >= 0.3 is 9.95 Å². The average Bonchev–Trinajstić information content (AvgIpc) is 2.49. The Bertz CT molecular complexity index is 491. The van der Waals surface area contributed by atoms with Crippen molar-refractivity contribution in [1.82, 2.24) is 0 Å². The number of hydrogen-bond donors (Lipinski definition) is 0. The minimum Gasteiger partial charge on any atom is -0.490 e. The van der Waals surface area contributed by atoms with Crippen molar-refractivity contribution in [3.63, 3.8) is 0 Å². The third-order valence-electron chi connectivity index (χ3n) is 3.46. The highest BCUT2D eigenvalue weighted by atomic mass is 127. The first-order valence-electron chi connectivity index (χ1n) is 6.79. The van der Waals surface area contributed by atoms with Crippen LogP contribution in [0.4, 0.5) is 4.79 Å². The van der Waals surface area contributed by atoms with Crippen molar-refractivity contribution in [3.05, 3.63) is 29.8 Å². The van der Waals surface area contributed by atoms with E-state index in [-0.39, 0.29) is 22.2 Å². The lowest BCUT2D eigenvalue weighted by atomic mass is 9.95. The molecule has 0 saturated heterocycles. The van der Waals surface area contributed by atoms with Crippen molar-refractivity contribution in [2.45, 2.75) is 37.9 Å². The minimum atomic E-state index is -0.359. The zero-order chi connectivity index (χ0) is 15.2. The Balaban J connectivity index is 1.83. The van der Waals surface area contributed by atoms with Gasteiger partial charge in [0.05, 0.1) is 41.4 Å². The summed E-state index contributed by atoms with van der Waals surface area (Å²) in [7, 11) is 1.35. The molecule has 1 aromatic rings. The standard InChI is InChI=1S/C15H17IO5/c1-19-14(17)10-2-4-11(5-3-10)20-12-6-8-13(9-7-12)21-15(16)18/h2-5,12-13H,6-9H2,1H3. The van der Waals surface area contributed by atoms with Gasteiger partial charge in [0, 0.05) is 0 Å². The summed E-state index contributed by atoms with van der Waals surface area (Å²) in [6, 6.07) is 6.90. The van der Waals surface area contributed by atoms with Crippen LogP contribution in [0.15, 0.2) is 24.3 Å². The molecule has 1 aromatic carbocycles. The second-order valence-corrected chi connectivity index (χ2v) is 5.77. The number of methoxy groups -OCH3 is 1. The highest BCUT2D eigenvalue weighted by Crippen LogP contribution is 2.26. The number of ether oxygens (including phenoxy) is 3. The van der Waals surface area contributed by atoms with Crippen LogP contribution in [0.5, 0.6) is 5.75 Å². The van der Waals surface area contributed by atoms with Gasteiger partial charge in [0.25, 0.3) is 0 Å². The van der Waals surface area contributed by atoms with Crippen LogP contribution in [0.2, 0.25) is 0 Å². The molecule has 0 spiro atoms. The maximum Gasteiger partial charge on any atom is 0.367 e. The van der Waals surface area contributed by atoms with E-state index in [9.17, 15) is 9.59 Å². The normalized spacial score (nSPS) is 21.4. The first-order valence-corrected chi connectivity index (χ1v) is 7.87. The van der Waals surface area contributed by atoms with Crippen molar-refractivity contribution in [2.24, 2.45) is 0 Å². The molecule has 1 fully saturated rings. The number of halogens is 1. The SMILES string of the molecule is COC(=O)c1ccc(OC2CCC(OC(=O)I)CC2)cc1. The van der Waals surface area contributed by atoms with Crippen molar-refractivity contribution >= 4 is 32.5 Å². The van der Waals surface area contributed by atoms with Crippen LogP contribution >= 0.6 is 22.6 Å². The Labute approximate surface area is 137 Å². The number of rotatable bonds is 4. The van der Waals surface area contributed by atoms with Crippen molar-refractivity contribution in [2.75, 3.05) is 7.11 Å². The van der Waals surface area contributed by atoms with E-state index in [1.165, 1.54) is 7.11 Å². The van der Waals surface area contributed by atoms with E-state index in [2.05, 4.69) is 4.74 Å². The van der Waals surface area contributed by atoms with Crippen LogP contribution < -0.4 is 4.74 Å². The largest absolute Gasteiger partial charge is 0.490 e. The van der Waals surface area contributed by atoms with E-state index in [1.807, 2.05) is 0 Å². The molecule has 5 nitrogen and oxygen atoms in total. The first-order chi connectivity index (χ1) is 10.1. The van der Waals surface area contributed by atoms with Gasteiger partial charge < -0.3 is 14.2 Å². The summed E-state index contributed by atoms with van der Waals surface area (Å²) < 4.78 is 15.5. The molecule has 0 N–H and O–H groups in total. The van der Waals surface area contributed by atoms with Crippen molar-refractivity contribution in [3.8, 4) is 5.75 Å². The molecule has 1 saturated carbocycles. The lowest BCUT2D eigenvalue weighted by Gasteiger charge is -2.28. The predicted octanol–water partition coefficient (Wildman–Crippen LogP) is 3.73. The van der Waals surface area contributed by atoms with E-state index in [0.29, 0.717) is 5.56 Å². The summed E-state index contributed by atoms with van der Waals surface area (Å²) in [5.41, 5.74) is 0.502. The highest BCUT2D eigenvalue weighted by Gasteiger charge is 2.24. The quantitative estimate of drug-likeness (QED) is 0.435. The Morgan fingerprint density at radius 1 is 1.05 bits per heavy atom. The van der Waals surface area contributed by atoms with Gasteiger partial charge in [-0.05, 0) is 49.9 Å². The fourth-order valence-corrected chi connectivity index (χ4v) is 2.74. The van der Waals surface area contributed by atoms with Crippen LogP contribution in [0.1, 0.15) is 36.0 Å². The zero-order valence-electron chi connectivity index (χ0n) is 11.7. The molecule has 0 heterocycles. The molecule has 0 bridgehead atoms. The molecule has 1 aliphatic rings. The molecular weight excluding hydrogens is 387 g/mol. The summed E-state index contributed by atoms with van der Waals surface area (Å²) in [5.74, 6) is 0.375. The first kappa shape index (κ1) is 16.1.